The van der Waals surface area contributed by atoms with Crippen LogP contribution in [0.25, 0.3) is 0 Å². The van der Waals surface area contributed by atoms with Gasteiger partial charge in [0.1, 0.15) is 0 Å². The Morgan fingerprint density at radius 2 is 1.65 bits per heavy atom. The molecule has 0 aliphatic heterocycles. The molecule has 0 aromatic heterocycles. The van der Waals surface area contributed by atoms with Crippen LogP contribution in [0.15, 0.2) is 57.8 Å². The molecule has 2 aromatic rings. The van der Waals surface area contributed by atoms with Gasteiger partial charge >= 0.3 is 0 Å². The summed E-state index contributed by atoms with van der Waals surface area (Å²) < 4.78 is 28.5. The molecule has 0 spiro atoms. The van der Waals surface area contributed by atoms with Crippen LogP contribution in [0.3, 0.4) is 0 Å². The highest BCUT2D eigenvalue weighted by molar-refractivity contribution is 7.90. The molecule has 3 N–H and O–H groups in total. The Morgan fingerprint density at radius 1 is 1.04 bits per heavy atom. The van der Waals surface area contributed by atoms with Crippen LogP contribution in [0.1, 0.15) is 5.56 Å². The van der Waals surface area contributed by atoms with Crippen LogP contribution in [0.2, 0.25) is 5.02 Å². The van der Waals surface area contributed by atoms with E-state index in [9.17, 15) is 8.42 Å². The monoisotopic (exact) mass is 352 g/mol. The summed E-state index contributed by atoms with van der Waals surface area (Å²) in [5.74, 6) is 0.0513. The van der Waals surface area contributed by atoms with Crippen molar-refractivity contribution in [3.63, 3.8) is 0 Å². The average Bonchev–Trinajstić information content (AvgIpc) is 2.50. The van der Waals surface area contributed by atoms with Crippen LogP contribution >= 0.6 is 11.6 Å². The highest BCUT2D eigenvalue weighted by Crippen LogP contribution is 2.15. The molecule has 0 saturated heterocycles. The maximum Gasteiger partial charge on any atom is 0.285 e. The molecule has 0 saturated carbocycles. The number of hydrazine groups is 1. The summed E-state index contributed by atoms with van der Waals surface area (Å²) in [6.07, 6.45) is 0. The average molecular weight is 353 g/mol. The molecule has 23 heavy (non-hydrogen) atoms. The van der Waals surface area contributed by atoms with Crippen molar-refractivity contribution < 1.29 is 8.42 Å². The predicted molar refractivity (Wildman–Crippen MR) is 93.1 cm³/mol. The number of hydrogen-bond donors (Lipinski definition) is 3. The van der Waals surface area contributed by atoms with Crippen molar-refractivity contribution in [2.24, 2.45) is 4.40 Å². The van der Waals surface area contributed by atoms with Crippen molar-refractivity contribution in [3.8, 4) is 0 Å². The minimum absolute atomic E-state index is 0.0513. The van der Waals surface area contributed by atoms with E-state index in [0.29, 0.717) is 10.7 Å². The first kappa shape index (κ1) is 17.3. The molecule has 0 radical (unpaired) electrons. The van der Waals surface area contributed by atoms with Crippen molar-refractivity contribution in [2.45, 2.75) is 11.8 Å². The normalized spacial score (nSPS) is 12.0. The number of rotatable bonds is 4. The summed E-state index contributed by atoms with van der Waals surface area (Å²) in [6, 6.07) is 13.3. The molecule has 0 amide bonds. The number of benzene rings is 2. The lowest BCUT2D eigenvalue weighted by Gasteiger charge is -2.11. The number of guanidine groups is 1. The number of nitrogens with one attached hydrogen (secondary N) is 3. The van der Waals surface area contributed by atoms with Gasteiger partial charge in [0.25, 0.3) is 10.0 Å². The second-order valence-electron chi connectivity index (χ2n) is 4.73. The molecule has 122 valence electrons. The highest BCUT2D eigenvalue weighted by Gasteiger charge is 2.14. The lowest BCUT2D eigenvalue weighted by atomic mass is 10.2. The molecule has 2 aromatic carbocycles. The third kappa shape index (κ3) is 4.95. The van der Waals surface area contributed by atoms with E-state index in [4.69, 9.17) is 11.6 Å². The molecule has 0 aliphatic carbocycles. The van der Waals surface area contributed by atoms with Gasteiger partial charge in [-0.1, -0.05) is 29.3 Å². The molecular formula is C15H17ClN4O2S. The van der Waals surface area contributed by atoms with Crippen LogP contribution in [0, 0.1) is 6.92 Å². The third-order valence-electron chi connectivity index (χ3n) is 2.88. The smallest absolute Gasteiger partial charge is 0.285 e. The molecule has 0 atom stereocenters. The molecule has 2 rings (SSSR count). The Labute approximate surface area is 140 Å². The molecular weight excluding hydrogens is 336 g/mol. The van der Waals surface area contributed by atoms with Gasteiger partial charge in [0, 0.05) is 17.8 Å². The second-order valence-corrected chi connectivity index (χ2v) is 6.78. The van der Waals surface area contributed by atoms with Gasteiger partial charge in [0.15, 0.2) is 0 Å². The van der Waals surface area contributed by atoms with E-state index in [1.54, 1.807) is 43.4 Å². The molecule has 6 nitrogen and oxygen atoms in total. The third-order valence-corrected chi connectivity index (χ3v) is 4.42. The summed E-state index contributed by atoms with van der Waals surface area (Å²) in [7, 11) is -2.22. The first-order chi connectivity index (χ1) is 10.9. The topological polar surface area (TPSA) is 82.6 Å². The van der Waals surface area contributed by atoms with Crippen molar-refractivity contribution in [3.05, 3.63) is 59.1 Å². The van der Waals surface area contributed by atoms with Crippen molar-refractivity contribution >= 4 is 33.3 Å². The molecule has 0 aliphatic rings. The first-order valence-corrected chi connectivity index (χ1v) is 8.59. The maximum absolute atomic E-state index is 12.4. The summed E-state index contributed by atoms with van der Waals surface area (Å²) in [6.45, 7) is 1.88. The first-order valence-electron chi connectivity index (χ1n) is 6.78. The molecule has 0 heterocycles. The van der Waals surface area contributed by atoms with E-state index in [0.717, 1.165) is 5.56 Å². The van der Waals surface area contributed by atoms with E-state index in [-0.39, 0.29) is 10.9 Å². The van der Waals surface area contributed by atoms with Gasteiger partial charge in [0.05, 0.1) is 4.90 Å². The zero-order chi connectivity index (χ0) is 16.9. The fourth-order valence-corrected chi connectivity index (χ4v) is 2.79. The Bertz CT molecular complexity index is 787. The van der Waals surface area contributed by atoms with Crippen molar-refractivity contribution in [1.82, 2.24) is 10.9 Å². The van der Waals surface area contributed by atoms with Gasteiger partial charge in [-0.05, 0) is 43.3 Å². The summed E-state index contributed by atoms with van der Waals surface area (Å²) in [5.41, 5.74) is 6.93. The van der Waals surface area contributed by atoms with Crippen molar-refractivity contribution in [2.75, 3.05) is 12.4 Å². The van der Waals surface area contributed by atoms with E-state index < -0.39 is 10.0 Å². The molecule has 0 unspecified atom stereocenters. The largest absolute Gasteiger partial charge is 0.324 e. The van der Waals surface area contributed by atoms with E-state index in [1.807, 2.05) is 6.92 Å². The number of aryl methyl sites for hydroxylation is 1. The lowest BCUT2D eigenvalue weighted by Crippen LogP contribution is -2.39. The number of halogens is 1. The number of nitrogens with zero attached hydrogens (tertiary/aromatic N) is 1. The van der Waals surface area contributed by atoms with Gasteiger partial charge in [-0.15, -0.1) is 4.40 Å². The number of anilines is 1. The van der Waals surface area contributed by atoms with Gasteiger partial charge in [-0.3, -0.25) is 5.43 Å². The van der Waals surface area contributed by atoms with Gasteiger partial charge in [0.2, 0.25) is 5.96 Å². The standard InChI is InChI=1S/C15H17ClN4O2S/c1-11-3-9-14(10-4-11)23(21,22)20-15(19-17-2)18-13-7-5-12(16)6-8-13/h3-10,17H,1-2H3,(H2,18,19,20). The Morgan fingerprint density at radius 3 is 2.22 bits per heavy atom. The van der Waals surface area contributed by atoms with Crippen LogP contribution in [0.5, 0.6) is 0 Å². The fourth-order valence-electron chi connectivity index (χ4n) is 1.75. The molecule has 8 heteroatoms. The number of hydrogen-bond acceptors (Lipinski definition) is 3. The van der Waals surface area contributed by atoms with E-state index in [1.165, 1.54) is 12.1 Å². The van der Waals surface area contributed by atoms with E-state index >= 15 is 0 Å². The predicted octanol–water partition coefficient (Wildman–Crippen LogP) is 2.53. The molecule has 0 fully saturated rings. The van der Waals surface area contributed by atoms with Crippen LogP contribution in [-0.4, -0.2) is 21.4 Å². The van der Waals surface area contributed by atoms with Gasteiger partial charge in [-0.25, -0.2) is 5.43 Å². The minimum atomic E-state index is -3.83. The quantitative estimate of drug-likeness (QED) is 0.447. The van der Waals surface area contributed by atoms with Crippen LogP contribution in [0.4, 0.5) is 5.69 Å². The van der Waals surface area contributed by atoms with Crippen LogP contribution in [-0.2, 0) is 10.0 Å². The Kier molecular flexibility index (Phi) is 5.59. The maximum atomic E-state index is 12.4. The Hall–Kier alpha value is -2.09. The van der Waals surface area contributed by atoms with Gasteiger partial charge < -0.3 is 5.32 Å². The van der Waals surface area contributed by atoms with E-state index in [2.05, 4.69) is 20.6 Å². The second kappa shape index (κ2) is 7.45. The zero-order valence-electron chi connectivity index (χ0n) is 12.7. The number of sulfonamides is 1. The molecule has 0 bridgehead atoms. The summed E-state index contributed by atoms with van der Waals surface area (Å²) in [4.78, 5) is 0.122. The Balaban J connectivity index is 2.29. The van der Waals surface area contributed by atoms with Crippen LogP contribution < -0.4 is 16.2 Å². The zero-order valence-corrected chi connectivity index (χ0v) is 14.2. The summed E-state index contributed by atoms with van der Waals surface area (Å²) >= 11 is 5.83. The fraction of sp³-hybridized carbons (Fsp3) is 0.133. The highest BCUT2D eigenvalue weighted by atomic mass is 35.5. The van der Waals surface area contributed by atoms with Crippen molar-refractivity contribution in [1.29, 1.82) is 0 Å². The SMILES string of the molecule is CNNC(=NS(=O)(=O)c1ccc(C)cc1)Nc1ccc(Cl)cc1. The summed E-state index contributed by atoms with van der Waals surface area (Å²) in [5, 5.41) is 3.47. The lowest BCUT2D eigenvalue weighted by molar-refractivity contribution is 0.597. The minimum Gasteiger partial charge on any atom is -0.324 e. The van der Waals surface area contributed by atoms with Gasteiger partial charge in [-0.2, -0.15) is 8.42 Å².